The zero-order chi connectivity index (χ0) is 8.36. The summed E-state index contributed by atoms with van der Waals surface area (Å²) < 4.78 is 0. The van der Waals surface area contributed by atoms with Crippen molar-refractivity contribution >= 4 is 0 Å². The van der Waals surface area contributed by atoms with E-state index in [0.29, 0.717) is 0 Å². The third kappa shape index (κ3) is 9.56. The minimum Gasteiger partial charge on any atom is -0.104 e. The maximum atomic E-state index is 3.16. The summed E-state index contributed by atoms with van der Waals surface area (Å²) in [5.74, 6) is 6.25. The van der Waals surface area contributed by atoms with Gasteiger partial charge in [0.1, 0.15) is 0 Å². The minimum absolute atomic E-state index is 1.01. The molecule has 0 bridgehead atoms. The Morgan fingerprint density at radius 2 is 1.55 bits per heavy atom. The van der Waals surface area contributed by atoms with Crippen molar-refractivity contribution in [1.29, 1.82) is 0 Å². The van der Waals surface area contributed by atoms with Gasteiger partial charge in [-0.05, 0) is 6.42 Å². The van der Waals surface area contributed by atoms with Gasteiger partial charge < -0.3 is 0 Å². The summed E-state index contributed by atoms with van der Waals surface area (Å²) in [5.41, 5.74) is 0. The molecule has 0 aromatic heterocycles. The van der Waals surface area contributed by atoms with Gasteiger partial charge in [-0.3, -0.25) is 0 Å². The highest BCUT2D eigenvalue weighted by molar-refractivity contribution is 4.97. The molecule has 0 aliphatic rings. The summed E-state index contributed by atoms with van der Waals surface area (Å²) in [6, 6.07) is 0. The van der Waals surface area contributed by atoms with Crippen molar-refractivity contribution in [3.8, 4) is 11.8 Å². The zero-order valence-electron chi connectivity index (χ0n) is 7.95. The average molecular weight is 152 g/mol. The standard InChI is InChI=1S/C11H20/c1-3-5-7-9-11-10-8-6-4-2/h3-5,7,9-11H2,1-2H3. The third-order valence-electron chi connectivity index (χ3n) is 1.71. The smallest absolute Gasteiger partial charge is 0.00886 e. The fraction of sp³-hybridized carbons (Fsp3) is 0.818. The molecule has 0 saturated carbocycles. The molecule has 0 amide bonds. The SMILES string of the molecule is CCC#CCCCCCCC. The van der Waals surface area contributed by atoms with Crippen molar-refractivity contribution in [1.82, 2.24) is 0 Å². The molecule has 0 nitrogen and oxygen atoms in total. The van der Waals surface area contributed by atoms with Crippen molar-refractivity contribution in [2.75, 3.05) is 0 Å². The Bertz CT molecular complexity index is 114. The summed E-state index contributed by atoms with van der Waals surface area (Å²) in [7, 11) is 0. The quantitative estimate of drug-likeness (QED) is 0.415. The largest absolute Gasteiger partial charge is 0.104 e. The number of rotatable bonds is 5. The van der Waals surface area contributed by atoms with Gasteiger partial charge in [0.15, 0.2) is 0 Å². The summed E-state index contributed by atoms with van der Waals surface area (Å²) in [6.45, 7) is 4.35. The van der Waals surface area contributed by atoms with Crippen molar-refractivity contribution in [3.05, 3.63) is 0 Å². The average Bonchev–Trinajstić information content (AvgIpc) is 2.03. The molecule has 0 rings (SSSR count). The number of hydrogen-bond acceptors (Lipinski definition) is 0. The fourth-order valence-electron chi connectivity index (χ4n) is 1.03. The van der Waals surface area contributed by atoms with E-state index in [4.69, 9.17) is 0 Å². The normalized spacial score (nSPS) is 8.91. The van der Waals surface area contributed by atoms with Crippen LogP contribution in [0.1, 0.15) is 58.8 Å². The van der Waals surface area contributed by atoms with Crippen molar-refractivity contribution in [3.63, 3.8) is 0 Å². The molecule has 0 fully saturated rings. The number of hydrogen-bond donors (Lipinski definition) is 0. The van der Waals surface area contributed by atoms with Crippen LogP contribution >= 0.6 is 0 Å². The van der Waals surface area contributed by atoms with Crippen LogP contribution in [0.5, 0.6) is 0 Å². The van der Waals surface area contributed by atoms with Crippen molar-refractivity contribution < 1.29 is 0 Å². The fourth-order valence-corrected chi connectivity index (χ4v) is 1.03. The lowest BCUT2D eigenvalue weighted by Crippen LogP contribution is -1.75. The molecule has 0 heteroatoms. The van der Waals surface area contributed by atoms with E-state index in [1.165, 1.54) is 32.1 Å². The first-order valence-electron chi connectivity index (χ1n) is 4.87. The van der Waals surface area contributed by atoms with Gasteiger partial charge in [0.05, 0.1) is 0 Å². The first-order chi connectivity index (χ1) is 5.41. The molecule has 0 aliphatic heterocycles. The minimum atomic E-state index is 1.01. The Balaban J connectivity index is 2.90. The Morgan fingerprint density at radius 3 is 2.18 bits per heavy atom. The van der Waals surface area contributed by atoms with Gasteiger partial charge in [-0.25, -0.2) is 0 Å². The van der Waals surface area contributed by atoms with E-state index in [0.717, 1.165) is 12.8 Å². The topological polar surface area (TPSA) is 0 Å². The van der Waals surface area contributed by atoms with E-state index in [-0.39, 0.29) is 0 Å². The zero-order valence-corrected chi connectivity index (χ0v) is 7.95. The molecule has 0 aliphatic carbocycles. The first kappa shape index (κ1) is 10.6. The molecule has 0 radical (unpaired) electrons. The van der Waals surface area contributed by atoms with Gasteiger partial charge in [-0.2, -0.15) is 0 Å². The molecule has 11 heavy (non-hydrogen) atoms. The van der Waals surface area contributed by atoms with Gasteiger partial charge >= 0.3 is 0 Å². The van der Waals surface area contributed by atoms with Gasteiger partial charge in [0.2, 0.25) is 0 Å². The molecule has 0 saturated heterocycles. The second-order valence-electron chi connectivity index (χ2n) is 2.87. The van der Waals surface area contributed by atoms with Gasteiger partial charge in [-0.15, -0.1) is 11.8 Å². The Morgan fingerprint density at radius 1 is 0.818 bits per heavy atom. The Labute approximate surface area is 71.4 Å². The molecular weight excluding hydrogens is 132 g/mol. The Hall–Kier alpha value is -0.440. The maximum absolute atomic E-state index is 3.16. The van der Waals surface area contributed by atoms with E-state index < -0.39 is 0 Å². The van der Waals surface area contributed by atoms with E-state index in [1.807, 2.05) is 0 Å². The van der Waals surface area contributed by atoms with Crippen LogP contribution in [0.4, 0.5) is 0 Å². The Kier molecular flexibility index (Phi) is 9.18. The molecule has 0 aromatic rings. The molecule has 0 heterocycles. The van der Waals surface area contributed by atoms with Crippen molar-refractivity contribution in [2.45, 2.75) is 58.8 Å². The highest BCUT2D eigenvalue weighted by Gasteiger charge is 1.85. The van der Waals surface area contributed by atoms with Crippen LogP contribution in [0.25, 0.3) is 0 Å². The number of unbranched alkanes of at least 4 members (excludes halogenated alkanes) is 5. The van der Waals surface area contributed by atoms with E-state index in [1.54, 1.807) is 0 Å². The molecular formula is C11H20. The van der Waals surface area contributed by atoms with Crippen LogP contribution in [-0.4, -0.2) is 0 Å². The molecule has 0 aromatic carbocycles. The molecule has 0 spiro atoms. The lowest BCUT2D eigenvalue weighted by molar-refractivity contribution is 0.641. The predicted octanol–water partition coefficient (Wildman–Crippen LogP) is 3.76. The van der Waals surface area contributed by atoms with E-state index >= 15 is 0 Å². The highest BCUT2D eigenvalue weighted by atomic mass is 13.9. The molecule has 64 valence electrons. The van der Waals surface area contributed by atoms with Crippen LogP contribution in [0.3, 0.4) is 0 Å². The third-order valence-corrected chi connectivity index (χ3v) is 1.71. The molecule has 0 unspecified atom stereocenters. The van der Waals surface area contributed by atoms with Crippen LogP contribution in [0, 0.1) is 11.8 Å². The van der Waals surface area contributed by atoms with E-state index in [9.17, 15) is 0 Å². The van der Waals surface area contributed by atoms with Crippen LogP contribution in [-0.2, 0) is 0 Å². The van der Waals surface area contributed by atoms with Gasteiger partial charge in [0.25, 0.3) is 0 Å². The van der Waals surface area contributed by atoms with Crippen LogP contribution in [0.2, 0.25) is 0 Å². The maximum Gasteiger partial charge on any atom is 0.00886 e. The molecule has 0 N–H and O–H groups in total. The summed E-state index contributed by atoms with van der Waals surface area (Å²) in [6.07, 6.45) is 8.90. The summed E-state index contributed by atoms with van der Waals surface area (Å²) in [4.78, 5) is 0. The lowest BCUT2D eigenvalue weighted by Gasteiger charge is -1.94. The highest BCUT2D eigenvalue weighted by Crippen LogP contribution is 2.03. The van der Waals surface area contributed by atoms with Crippen LogP contribution < -0.4 is 0 Å². The van der Waals surface area contributed by atoms with Crippen LogP contribution in [0.15, 0.2) is 0 Å². The first-order valence-corrected chi connectivity index (χ1v) is 4.87. The summed E-state index contributed by atoms with van der Waals surface area (Å²) >= 11 is 0. The van der Waals surface area contributed by atoms with Gasteiger partial charge in [0, 0.05) is 12.8 Å². The van der Waals surface area contributed by atoms with Crippen molar-refractivity contribution in [2.24, 2.45) is 0 Å². The monoisotopic (exact) mass is 152 g/mol. The summed E-state index contributed by atoms with van der Waals surface area (Å²) in [5, 5.41) is 0. The second kappa shape index (κ2) is 9.56. The predicted molar refractivity (Wildman–Crippen MR) is 51.4 cm³/mol. The van der Waals surface area contributed by atoms with Gasteiger partial charge in [-0.1, -0.05) is 39.5 Å². The molecule has 0 atom stereocenters. The lowest BCUT2D eigenvalue weighted by atomic mass is 10.1. The van der Waals surface area contributed by atoms with E-state index in [2.05, 4.69) is 25.7 Å². The second-order valence-corrected chi connectivity index (χ2v) is 2.87.